The molecule has 146 valence electrons. The maximum atomic E-state index is 12.1. The summed E-state index contributed by atoms with van der Waals surface area (Å²) in [6, 6.07) is 3.85. The number of nitrogens with zero attached hydrogens (tertiary/aromatic N) is 3. The molecule has 0 fully saturated rings. The van der Waals surface area contributed by atoms with Crippen molar-refractivity contribution in [2.45, 2.75) is 25.6 Å². The number of esters is 1. The summed E-state index contributed by atoms with van der Waals surface area (Å²) in [6.07, 6.45) is 5.01. The highest BCUT2D eigenvalue weighted by molar-refractivity contribution is 7.71. The van der Waals surface area contributed by atoms with Crippen molar-refractivity contribution < 1.29 is 19.0 Å². The molecule has 0 amide bonds. The number of imidazole rings is 1. The molecule has 0 bridgehead atoms. The Bertz CT molecular complexity index is 890. The summed E-state index contributed by atoms with van der Waals surface area (Å²) >= 11 is 5.47. The lowest BCUT2D eigenvalue weighted by Crippen LogP contribution is -2.38. The first kappa shape index (κ1) is 19.4. The number of rotatable bonds is 6. The molecule has 0 N–H and O–H groups in total. The third kappa shape index (κ3) is 3.86. The lowest BCUT2D eigenvalue weighted by atomic mass is 9.90. The minimum Gasteiger partial charge on any atom is -0.493 e. The van der Waals surface area contributed by atoms with Gasteiger partial charge in [-0.25, -0.2) is 0 Å². The molecule has 1 aromatic heterocycles. The minimum absolute atomic E-state index is 0.122. The molecule has 2 heterocycles. The van der Waals surface area contributed by atoms with E-state index in [2.05, 4.69) is 4.90 Å². The maximum Gasteiger partial charge on any atom is 0.307 e. The number of carbonyl (C=O) groups is 1. The number of carbonyl (C=O) groups excluding carboxylic acids is 1. The molecule has 2 aromatic rings. The van der Waals surface area contributed by atoms with Crippen LogP contribution in [0.5, 0.6) is 11.5 Å². The van der Waals surface area contributed by atoms with Gasteiger partial charge in [0.15, 0.2) is 16.3 Å². The average molecular weight is 391 g/mol. The van der Waals surface area contributed by atoms with E-state index in [4.69, 9.17) is 26.4 Å². The number of methoxy groups -OCH3 is 3. The number of hydrogen-bond acceptors (Lipinski definition) is 6. The second-order valence-corrected chi connectivity index (χ2v) is 6.93. The predicted molar refractivity (Wildman–Crippen MR) is 104 cm³/mol. The highest BCUT2D eigenvalue weighted by Crippen LogP contribution is 2.39. The molecule has 0 aliphatic carbocycles. The second kappa shape index (κ2) is 8.14. The quantitative estimate of drug-likeness (QED) is 0.557. The Balaban J connectivity index is 1.99. The fraction of sp³-hybridized carbons (Fsp3) is 0.474. The number of aromatic nitrogens is 2. The Kier molecular flexibility index (Phi) is 5.86. The second-order valence-electron chi connectivity index (χ2n) is 6.57. The zero-order valence-corrected chi connectivity index (χ0v) is 16.9. The molecule has 1 aliphatic heterocycles. The van der Waals surface area contributed by atoms with Crippen LogP contribution in [0.25, 0.3) is 0 Å². The molecule has 1 atom stereocenters. The first-order valence-electron chi connectivity index (χ1n) is 8.76. The third-order valence-corrected chi connectivity index (χ3v) is 5.58. The average Bonchev–Trinajstić information content (AvgIpc) is 3.00. The zero-order valence-electron chi connectivity index (χ0n) is 16.1. The van der Waals surface area contributed by atoms with Gasteiger partial charge in [-0.2, -0.15) is 0 Å². The minimum atomic E-state index is -0.246. The van der Waals surface area contributed by atoms with Gasteiger partial charge in [-0.3, -0.25) is 9.69 Å². The molecule has 0 saturated carbocycles. The van der Waals surface area contributed by atoms with Crippen LogP contribution < -0.4 is 9.47 Å². The lowest BCUT2D eigenvalue weighted by Gasteiger charge is -2.37. The van der Waals surface area contributed by atoms with Crippen LogP contribution in [-0.2, 0) is 29.7 Å². The molecular weight excluding hydrogens is 366 g/mol. The number of fused-ring (bicyclic) bond motifs is 1. The Labute approximate surface area is 164 Å². The van der Waals surface area contributed by atoms with E-state index in [1.165, 1.54) is 7.11 Å². The molecule has 1 aromatic carbocycles. The monoisotopic (exact) mass is 391 g/mol. The van der Waals surface area contributed by atoms with Crippen molar-refractivity contribution in [1.29, 1.82) is 0 Å². The van der Waals surface area contributed by atoms with Gasteiger partial charge in [0, 0.05) is 32.0 Å². The van der Waals surface area contributed by atoms with Crippen molar-refractivity contribution in [3.05, 3.63) is 40.4 Å². The number of benzene rings is 1. The Morgan fingerprint density at radius 1 is 1.19 bits per heavy atom. The molecular formula is C19H25N3O4S. The summed E-state index contributed by atoms with van der Waals surface area (Å²) in [6.45, 7) is 1.41. The van der Waals surface area contributed by atoms with Gasteiger partial charge in [0.2, 0.25) is 0 Å². The lowest BCUT2D eigenvalue weighted by molar-refractivity contribution is -0.142. The van der Waals surface area contributed by atoms with Gasteiger partial charge in [-0.15, -0.1) is 0 Å². The summed E-state index contributed by atoms with van der Waals surface area (Å²) in [5.74, 6) is 1.11. The van der Waals surface area contributed by atoms with Crippen molar-refractivity contribution in [2.24, 2.45) is 7.05 Å². The van der Waals surface area contributed by atoms with Crippen LogP contribution in [-0.4, -0.2) is 47.9 Å². The largest absolute Gasteiger partial charge is 0.493 e. The number of hydrogen-bond donors (Lipinski definition) is 0. The van der Waals surface area contributed by atoms with Gasteiger partial charge in [0.05, 0.1) is 34.4 Å². The van der Waals surface area contributed by atoms with Crippen LogP contribution in [0.3, 0.4) is 0 Å². The van der Waals surface area contributed by atoms with Crippen LogP contribution >= 0.6 is 12.2 Å². The van der Waals surface area contributed by atoms with Crippen LogP contribution in [0, 0.1) is 4.77 Å². The van der Waals surface area contributed by atoms with Gasteiger partial charge in [0.25, 0.3) is 0 Å². The van der Waals surface area contributed by atoms with Crippen LogP contribution in [0.1, 0.15) is 23.6 Å². The Morgan fingerprint density at radius 2 is 1.89 bits per heavy atom. The number of aryl methyl sites for hydroxylation is 1. The summed E-state index contributed by atoms with van der Waals surface area (Å²) in [5, 5.41) is 0. The normalized spacial score (nSPS) is 16.7. The molecule has 0 unspecified atom stereocenters. The van der Waals surface area contributed by atoms with E-state index in [9.17, 15) is 4.79 Å². The molecule has 0 spiro atoms. The summed E-state index contributed by atoms with van der Waals surface area (Å²) in [5.41, 5.74) is 2.22. The zero-order chi connectivity index (χ0) is 19.6. The smallest absolute Gasteiger partial charge is 0.307 e. The molecule has 1 aliphatic rings. The van der Waals surface area contributed by atoms with Gasteiger partial charge < -0.3 is 23.3 Å². The fourth-order valence-corrected chi connectivity index (χ4v) is 3.72. The fourth-order valence-electron chi connectivity index (χ4n) is 3.54. The van der Waals surface area contributed by atoms with Crippen molar-refractivity contribution in [2.75, 3.05) is 27.9 Å². The summed E-state index contributed by atoms with van der Waals surface area (Å²) < 4.78 is 20.5. The van der Waals surface area contributed by atoms with Gasteiger partial charge >= 0.3 is 5.97 Å². The van der Waals surface area contributed by atoms with Crippen LogP contribution in [0.15, 0.2) is 24.5 Å². The molecule has 7 nitrogen and oxygen atoms in total. The maximum absolute atomic E-state index is 12.1. The van der Waals surface area contributed by atoms with Gasteiger partial charge in [-0.05, 0) is 41.9 Å². The van der Waals surface area contributed by atoms with E-state index in [0.717, 1.165) is 28.9 Å². The standard InChI is InChI=1S/C19H25N3O4S/c1-20-7-8-22(19(20)27)12-21-6-5-13-9-16(24-2)17(25-3)10-14(13)15(21)11-18(23)26-4/h7-10,15H,5-6,11-12H2,1-4H3/t15-/m1/s1. The van der Waals surface area contributed by atoms with E-state index in [-0.39, 0.29) is 18.4 Å². The summed E-state index contributed by atoms with van der Waals surface area (Å²) in [4.78, 5) is 14.4. The predicted octanol–water partition coefficient (Wildman–Crippen LogP) is 2.69. The molecule has 3 rings (SSSR count). The Morgan fingerprint density at radius 3 is 2.48 bits per heavy atom. The van der Waals surface area contributed by atoms with Crippen molar-refractivity contribution >= 4 is 18.2 Å². The van der Waals surface area contributed by atoms with E-state index < -0.39 is 0 Å². The summed E-state index contributed by atoms with van der Waals surface area (Å²) in [7, 11) is 6.58. The number of ether oxygens (including phenoxy) is 3. The third-order valence-electron chi connectivity index (χ3n) is 5.05. The van der Waals surface area contributed by atoms with Crippen LogP contribution in [0.2, 0.25) is 0 Å². The van der Waals surface area contributed by atoms with E-state index in [1.54, 1.807) is 14.2 Å². The van der Waals surface area contributed by atoms with E-state index in [0.29, 0.717) is 18.2 Å². The molecule has 0 saturated heterocycles. The van der Waals surface area contributed by atoms with E-state index >= 15 is 0 Å². The van der Waals surface area contributed by atoms with Crippen molar-refractivity contribution in [3.8, 4) is 11.5 Å². The van der Waals surface area contributed by atoms with Crippen LogP contribution in [0.4, 0.5) is 0 Å². The molecule has 0 radical (unpaired) electrons. The topological polar surface area (TPSA) is 57.9 Å². The molecule has 8 heteroatoms. The molecule has 27 heavy (non-hydrogen) atoms. The van der Waals surface area contributed by atoms with Crippen molar-refractivity contribution in [1.82, 2.24) is 14.0 Å². The van der Waals surface area contributed by atoms with Crippen molar-refractivity contribution in [3.63, 3.8) is 0 Å². The highest BCUT2D eigenvalue weighted by Gasteiger charge is 2.31. The Hall–Kier alpha value is -2.32. The van der Waals surface area contributed by atoms with E-state index in [1.807, 2.05) is 40.7 Å². The first-order valence-corrected chi connectivity index (χ1v) is 9.16. The first-order chi connectivity index (χ1) is 13.0. The SMILES string of the molecule is COC(=O)C[C@@H]1c2cc(OC)c(OC)cc2CCN1Cn1ccn(C)c1=S. The van der Waals surface area contributed by atoms with Gasteiger partial charge in [-0.1, -0.05) is 0 Å². The highest BCUT2D eigenvalue weighted by atomic mass is 32.1. The van der Waals surface area contributed by atoms with Gasteiger partial charge in [0.1, 0.15) is 0 Å².